The van der Waals surface area contributed by atoms with Crippen molar-refractivity contribution < 1.29 is 18.4 Å². The summed E-state index contributed by atoms with van der Waals surface area (Å²) in [5.74, 6) is -2.28. The van der Waals surface area contributed by atoms with E-state index < -0.39 is 17.5 Å². The molecule has 4 nitrogen and oxygen atoms in total. The van der Waals surface area contributed by atoms with E-state index in [1.807, 2.05) is 42.5 Å². The van der Waals surface area contributed by atoms with Crippen LogP contribution >= 0.6 is 11.3 Å². The van der Waals surface area contributed by atoms with Crippen molar-refractivity contribution in [2.75, 3.05) is 4.90 Å². The molecule has 33 heavy (non-hydrogen) atoms. The first-order chi connectivity index (χ1) is 15.9. The number of ketones is 1. The maximum absolute atomic E-state index is 14.2. The lowest BCUT2D eigenvalue weighted by Gasteiger charge is -2.18. The van der Waals surface area contributed by atoms with Crippen LogP contribution in [-0.2, 0) is 4.79 Å². The summed E-state index contributed by atoms with van der Waals surface area (Å²) in [5.41, 5.74) is 2.95. The van der Waals surface area contributed by atoms with Gasteiger partial charge in [0, 0.05) is 23.9 Å². The molecule has 0 fully saturated rings. The number of thiazole rings is 1. The van der Waals surface area contributed by atoms with Gasteiger partial charge >= 0.3 is 0 Å². The second kappa shape index (κ2) is 9.67. The van der Waals surface area contributed by atoms with Crippen LogP contribution in [0.1, 0.15) is 23.0 Å². The highest BCUT2D eigenvalue weighted by Crippen LogP contribution is 2.31. The molecule has 1 aromatic heterocycles. The van der Waals surface area contributed by atoms with Gasteiger partial charge in [-0.3, -0.25) is 14.5 Å². The van der Waals surface area contributed by atoms with Crippen molar-refractivity contribution in [3.8, 4) is 11.1 Å². The van der Waals surface area contributed by atoms with E-state index >= 15 is 0 Å². The number of allylic oxidation sites excluding steroid dienone is 1. The number of benzene rings is 3. The van der Waals surface area contributed by atoms with E-state index in [4.69, 9.17) is 0 Å². The Balaban J connectivity index is 1.51. The zero-order chi connectivity index (χ0) is 23.4. The summed E-state index contributed by atoms with van der Waals surface area (Å²) in [5, 5.41) is 1.86. The number of hydrogen-bond acceptors (Lipinski definition) is 4. The van der Waals surface area contributed by atoms with E-state index in [0.29, 0.717) is 17.3 Å². The van der Waals surface area contributed by atoms with Gasteiger partial charge in [0.1, 0.15) is 11.6 Å². The topological polar surface area (TPSA) is 50.3 Å². The summed E-state index contributed by atoms with van der Waals surface area (Å²) in [6.07, 6.45) is 2.93. The molecule has 0 spiro atoms. The first kappa shape index (κ1) is 22.2. The molecule has 0 aliphatic rings. The fraction of sp³-hybridized carbons (Fsp3) is 0.0385. The number of aromatic nitrogens is 1. The smallest absolute Gasteiger partial charge is 0.230 e. The van der Waals surface area contributed by atoms with Crippen LogP contribution in [-0.4, -0.2) is 16.7 Å². The minimum atomic E-state index is -0.869. The van der Waals surface area contributed by atoms with Crippen LogP contribution in [0.3, 0.4) is 0 Å². The first-order valence-electron chi connectivity index (χ1n) is 10.0. The molecule has 0 saturated carbocycles. The van der Waals surface area contributed by atoms with Crippen LogP contribution in [0.25, 0.3) is 17.2 Å². The standard InChI is InChI=1S/C26H18F2N2O2S/c1-17(31)30(24-13-11-21(27)15-23(24)28)26-29-22(16-33-26)12-14-25(32)20-9-7-19(8-10-20)18-5-3-2-4-6-18/h2-16H,1H3/b14-12+. The van der Waals surface area contributed by atoms with E-state index in [0.717, 1.165) is 33.4 Å². The van der Waals surface area contributed by atoms with Crippen molar-refractivity contribution in [2.45, 2.75) is 6.92 Å². The van der Waals surface area contributed by atoms with Crippen LogP contribution in [0, 0.1) is 11.6 Å². The van der Waals surface area contributed by atoms with Gasteiger partial charge in [-0.25, -0.2) is 13.8 Å². The fourth-order valence-corrected chi connectivity index (χ4v) is 4.09. The molecule has 1 amide bonds. The van der Waals surface area contributed by atoms with E-state index in [2.05, 4.69) is 4.98 Å². The third-order valence-electron chi connectivity index (χ3n) is 4.85. The Morgan fingerprint density at radius 1 is 0.939 bits per heavy atom. The van der Waals surface area contributed by atoms with Gasteiger partial charge in [-0.2, -0.15) is 0 Å². The number of nitrogens with zero attached hydrogens (tertiary/aromatic N) is 2. The largest absolute Gasteiger partial charge is 0.289 e. The highest BCUT2D eigenvalue weighted by molar-refractivity contribution is 7.14. The van der Waals surface area contributed by atoms with E-state index in [9.17, 15) is 18.4 Å². The van der Waals surface area contributed by atoms with Crippen molar-refractivity contribution in [2.24, 2.45) is 0 Å². The Hall–Kier alpha value is -3.97. The van der Waals surface area contributed by atoms with Crippen molar-refractivity contribution in [1.29, 1.82) is 0 Å². The van der Waals surface area contributed by atoms with Crippen molar-refractivity contribution in [3.05, 3.63) is 107 Å². The zero-order valence-corrected chi connectivity index (χ0v) is 18.4. The summed E-state index contributed by atoms with van der Waals surface area (Å²) in [4.78, 5) is 30.1. The summed E-state index contributed by atoms with van der Waals surface area (Å²) >= 11 is 1.11. The molecule has 4 aromatic rings. The number of carbonyl (C=O) groups is 2. The Morgan fingerprint density at radius 3 is 2.30 bits per heavy atom. The van der Waals surface area contributed by atoms with E-state index in [1.165, 1.54) is 25.1 Å². The number of amides is 1. The van der Waals surface area contributed by atoms with Crippen LogP contribution in [0.5, 0.6) is 0 Å². The van der Waals surface area contributed by atoms with Crippen LogP contribution in [0.15, 0.2) is 84.3 Å². The molecule has 164 valence electrons. The van der Waals surface area contributed by atoms with Crippen LogP contribution in [0.2, 0.25) is 0 Å². The van der Waals surface area contributed by atoms with Crippen molar-refractivity contribution in [1.82, 2.24) is 4.98 Å². The third kappa shape index (κ3) is 5.10. The second-order valence-corrected chi connectivity index (χ2v) is 7.98. The van der Waals surface area contributed by atoms with Gasteiger partial charge in [-0.15, -0.1) is 11.3 Å². The molecule has 0 N–H and O–H groups in total. The zero-order valence-electron chi connectivity index (χ0n) is 17.5. The maximum Gasteiger partial charge on any atom is 0.230 e. The van der Waals surface area contributed by atoms with Gasteiger partial charge in [0.15, 0.2) is 10.9 Å². The Morgan fingerprint density at radius 2 is 1.64 bits per heavy atom. The predicted molar refractivity (Wildman–Crippen MR) is 127 cm³/mol. The lowest BCUT2D eigenvalue weighted by atomic mass is 10.0. The minimum Gasteiger partial charge on any atom is -0.289 e. The molecular formula is C26H18F2N2O2S. The predicted octanol–water partition coefficient (Wildman–Crippen LogP) is 6.67. The van der Waals surface area contributed by atoms with Crippen molar-refractivity contribution in [3.63, 3.8) is 0 Å². The Bertz CT molecular complexity index is 1330. The molecule has 0 saturated heterocycles. The highest BCUT2D eigenvalue weighted by Gasteiger charge is 2.21. The molecule has 0 aliphatic carbocycles. The fourth-order valence-electron chi connectivity index (χ4n) is 3.24. The first-order valence-corrected chi connectivity index (χ1v) is 10.9. The van der Waals surface area contributed by atoms with Gasteiger partial charge in [-0.1, -0.05) is 54.6 Å². The lowest BCUT2D eigenvalue weighted by Crippen LogP contribution is -2.23. The summed E-state index contributed by atoms with van der Waals surface area (Å²) in [7, 11) is 0. The lowest BCUT2D eigenvalue weighted by molar-refractivity contribution is -0.115. The van der Waals surface area contributed by atoms with Crippen LogP contribution in [0.4, 0.5) is 19.6 Å². The number of anilines is 2. The molecule has 1 heterocycles. The number of hydrogen-bond donors (Lipinski definition) is 0. The number of halogens is 2. The molecule has 3 aromatic carbocycles. The molecule has 0 bridgehead atoms. The van der Waals surface area contributed by atoms with E-state index in [-0.39, 0.29) is 16.6 Å². The molecular weight excluding hydrogens is 442 g/mol. The molecule has 0 aliphatic heterocycles. The van der Waals surface area contributed by atoms with Gasteiger partial charge in [-0.05, 0) is 35.4 Å². The SMILES string of the molecule is CC(=O)N(c1nc(/C=C/C(=O)c2ccc(-c3ccccc3)cc2)cs1)c1ccc(F)cc1F. The normalized spacial score (nSPS) is 11.0. The van der Waals surface area contributed by atoms with Gasteiger partial charge in [0.2, 0.25) is 5.91 Å². The summed E-state index contributed by atoms with van der Waals surface area (Å²) < 4.78 is 27.5. The molecule has 0 atom stereocenters. The summed E-state index contributed by atoms with van der Waals surface area (Å²) in [6, 6.07) is 20.1. The minimum absolute atomic E-state index is 0.0941. The number of rotatable bonds is 6. The molecule has 0 unspecified atom stereocenters. The van der Waals surface area contributed by atoms with Crippen molar-refractivity contribution >= 4 is 39.9 Å². The van der Waals surface area contributed by atoms with Gasteiger partial charge < -0.3 is 0 Å². The Labute approximate surface area is 193 Å². The number of carbonyl (C=O) groups excluding carboxylic acids is 2. The third-order valence-corrected chi connectivity index (χ3v) is 5.69. The highest BCUT2D eigenvalue weighted by atomic mass is 32.1. The monoisotopic (exact) mass is 460 g/mol. The molecule has 0 radical (unpaired) electrons. The average molecular weight is 461 g/mol. The van der Waals surface area contributed by atoms with E-state index in [1.54, 1.807) is 17.5 Å². The van der Waals surface area contributed by atoms with Gasteiger partial charge in [0.05, 0.1) is 11.4 Å². The Kier molecular flexibility index (Phi) is 6.51. The quantitative estimate of drug-likeness (QED) is 0.239. The van der Waals surface area contributed by atoms with Gasteiger partial charge in [0.25, 0.3) is 0 Å². The second-order valence-electron chi connectivity index (χ2n) is 7.15. The average Bonchev–Trinajstić information content (AvgIpc) is 3.28. The molecule has 7 heteroatoms. The maximum atomic E-state index is 14.2. The summed E-state index contributed by atoms with van der Waals surface area (Å²) in [6.45, 7) is 1.27. The molecule has 4 rings (SSSR count). The van der Waals surface area contributed by atoms with Crippen LogP contribution < -0.4 is 4.90 Å².